The van der Waals surface area contributed by atoms with E-state index in [9.17, 15) is 4.79 Å². The molecular weight excluding hydrogens is 280 g/mol. The molecule has 0 aliphatic heterocycles. The number of halogens is 1. The minimum absolute atomic E-state index is 0.0196. The molecule has 3 rings (SSSR count). The normalized spacial score (nSPS) is 10.8. The number of aryl methyl sites for hydroxylation is 2. The first-order valence-corrected chi connectivity index (χ1v) is 7.25. The number of hydrogen-bond acceptors (Lipinski definition) is 1. The van der Waals surface area contributed by atoms with Crippen LogP contribution in [0.25, 0.3) is 10.8 Å². The van der Waals surface area contributed by atoms with Gasteiger partial charge in [0.1, 0.15) is 0 Å². The van der Waals surface area contributed by atoms with Crippen molar-refractivity contribution in [3.63, 3.8) is 0 Å². The average Bonchev–Trinajstić information content (AvgIpc) is 2.50. The molecule has 0 amide bonds. The fourth-order valence-corrected chi connectivity index (χ4v) is 2.80. The first-order chi connectivity index (χ1) is 10.1. The predicted octanol–water partition coefficient (Wildman–Crippen LogP) is 5.34. The standard InChI is InChI=1S/C19H15ClO/c1-12-8-10-17(16-6-4-3-5-15(12)16)19(21)18-11-14(20)9-7-13(18)2/h3-11H,1-2H3. The average molecular weight is 295 g/mol. The Morgan fingerprint density at radius 1 is 0.810 bits per heavy atom. The van der Waals surface area contributed by atoms with Crippen molar-refractivity contribution >= 4 is 28.2 Å². The van der Waals surface area contributed by atoms with Crippen molar-refractivity contribution in [2.24, 2.45) is 0 Å². The summed E-state index contributed by atoms with van der Waals surface area (Å²) in [5.41, 5.74) is 3.50. The van der Waals surface area contributed by atoms with Gasteiger partial charge in [-0.3, -0.25) is 4.79 Å². The van der Waals surface area contributed by atoms with E-state index < -0.39 is 0 Å². The Morgan fingerprint density at radius 3 is 2.24 bits per heavy atom. The monoisotopic (exact) mass is 294 g/mol. The minimum Gasteiger partial charge on any atom is -0.289 e. The zero-order chi connectivity index (χ0) is 15.0. The number of fused-ring (bicyclic) bond motifs is 1. The van der Waals surface area contributed by atoms with Gasteiger partial charge < -0.3 is 0 Å². The molecule has 0 atom stereocenters. The summed E-state index contributed by atoms with van der Waals surface area (Å²) in [5, 5.41) is 2.69. The molecule has 0 saturated carbocycles. The molecule has 0 radical (unpaired) electrons. The van der Waals surface area contributed by atoms with Gasteiger partial charge in [-0.1, -0.05) is 54.1 Å². The first kappa shape index (κ1) is 13.8. The molecule has 3 aromatic rings. The van der Waals surface area contributed by atoms with E-state index in [0.717, 1.165) is 21.9 Å². The topological polar surface area (TPSA) is 17.1 Å². The Kier molecular flexibility index (Phi) is 3.52. The van der Waals surface area contributed by atoms with Crippen molar-refractivity contribution in [1.29, 1.82) is 0 Å². The van der Waals surface area contributed by atoms with Crippen LogP contribution in [0.4, 0.5) is 0 Å². The molecule has 21 heavy (non-hydrogen) atoms. The molecule has 0 heterocycles. The zero-order valence-corrected chi connectivity index (χ0v) is 12.7. The number of hydrogen-bond donors (Lipinski definition) is 0. The highest BCUT2D eigenvalue weighted by Gasteiger charge is 2.15. The fraction of sp³-hybridized carbons (Fsp3) is 0.105. The maximum Gasteiger partial charge on any atom is 0.193 e. The third-order valence-corrected chi connectivity index (χ3v) is 4.07. The molecule has 104 valence electrons. The van der Waals surface area contributed by atoms with E-state index in [2.05, 4.69) is 6.92 Å². The van der Waals surface area contributed by atoms with Crippen LogP contribution >= 0.6 is 11.6 Å². The van der Waals surface area contributed by atoms with Crippen LogP contribution in [0.2, 0.25) is 5.02 Å². The van der Waals surface area contributed by atoms with E-state index in [1.54, 1.807) is 12.1 Å². The Bertz CT molecular complexity index is 849. The van der Waals surface area contributed by atoms with Gasteiger partial charge in [-0.2, -0.15) is 0 Å². The highest BCUT2D eigenvalue weighted by molar-refractivity contribution is 6.31. The van der Waals surface area contributed by atoms with E-state index in [-0.39, 0.29) is 5.78 Å². The molecule has 0 spiro atoms. The molecule has 3 aromatic carbocycles. The first-order valence-electron chi connectivity index (χ1n) is 6.87. The van der Waals surface area contributed by atoms with Crippen molar-refractivity contribution in [3.8, 4) is 0 Å². The molecule has 1 nitrogen and oxygen atoms in total. The second-order valence-electron chi connectivity index (χ2n) is 5.26. The van der Waals surface area contributed by atoms with Gasteiger partial charge in [-0.25, -0.2) is 0 Å². The van der Waals surface area contributed by atoms with Crippen LogP contribution in [0.3, 0.4) is 0 Å². The second kappa shape index (κ2) is 5.34. The number of rotatable bonds is 2. The van der Waals surface area contributed by atoms with Crippen LogP contribution in [0, 0.1) is 13.8 Å². The number of ketones is 1. The van der Waals surface area contributed by atoms with Gasteiger partial charge >= 0.3 is 0 Å². The number of carbonyl (C=O) groups is 1. The molecule has 0 saturated heterocycles. The van der Waals surface area contributed by atoms with Crippen LogP contribution in [-0.2, 0) is 0 Å². The number of benzene rings is 3. The fourth-order valence-electron chi connectivity index (χ4n) is 2.63. The lowest BCUT2D eigenvalue weighted by Gasteiger charge is -2.10. The van der Waals surface area contributed by atoms with Gasteiger partial charge in [-0.15, -0.1) is 0 Å². The predicted molar refractivity (Wildman–Crippen MR) is 88.3 cm³/mol. The highest BCUT2D eigenvalue weighted by Crippen LogP contribution is 2.26. The van der Waals surface area contributed by atoms with Crippen molar-refractivity contribution in [2.45, 2.75) is 13.8 Å². The third kappa shape index (κ3) is 2.45. The van der Waals surface area contributed by atoms with E-state index in [1.165, 1.54) is 5.56 Å². The summed E-state index contributed by atoms with van der Waals surface area (Å²) < 4.78 is 0. The van der Waals surface area contributed by atoms with Gasteiger partial charge in [0.25, 0.3) is 0 Å². The lowest BCUT2D eigenvalue weighted by molar-refractivity contribution is 0.103. The quantitative estimate of drug-likeness (QED) is 0.583. The molecule has 2 heteroatoms. The lowest BCUT2D eigenvalue weighted by Crippen LogP contribution is -2.05. The van der Waals surface area contributed by atoms with E-state index in [0.29, 0.717) is 10.6 Å². The van der Waals surface area contributed by atoms with Crippen LogP contribution in [0.15, 0.2) is 54.6 Å². The molecule has 0 fully saturated rings. The zero-order valence-electron chi connectivity index (χ0n) is 12.0. The molecule has 0 unspecified atom stereocenters. The minimum atomic E-state index is 0.0196. The summed E-state index contributed by atoms with van der Waals surface area (Å²) >= 11 is 6.04. The summed E-state index contributed by atoms with van der Waals surface area (Å²) in [6.45, 7) is 3.99. The van der Waals surface area contributed by atoms with Gasteiger partial charge in [0.05, 0.1) is 0 Å². The van der Waals surface area contributed by atoms with Crippen molar-refractivity contribution in [2.75, 3.05) is 0 Å². The van der Waals surface area contributed by atoms with Gasteiger partial charge in [-0.05, 0) is 47.9 Å². The molecule has 0 N–H and O–H groups in total. The lowest BCUT2D eigenvalue weighted by atomic mass is 9.93. The molecule has 0 aliphatic carbocycles. The Labute approximate surface area is 129 Å². The summed E-state index contributed by atoms with van der Waals surface area (Å²) in [6.07, 6.45) is 0. The van der Waals surface area contributed by atoms with Crippen LogP contribution in [0.1, 0.15) is 27.0 Å². The Hall–Kier alpha value is -2.12. The molecule has 0 bridgehead atoms. The maximum atomic E-state index is 12.9. The van der Waals surface area contributed by atoms with E-state index in [1.807, 2.05) is 49.4 Å². The second-order valence-corrected chi connectivity index (χ2v) is 5.70. The summed E-state index contributed by atoms with van der Waals surface area (Å²) in [7, 11) is 0. The highest BCUT2D eigenvalue weighted by atomic mass is 35.5. The molecule has 0 aromatic heterocycles. The Balaban J connectivity index is 2.23. The third-order valence-electron chi connectivity index (χ3n) is 3.83. The van der Waals surface area contributed by atoms with E-state index in [4.69, 9.17) is 11.6 Å². The van der Waals surface area contributed by atoms with Gasteiger partial charge in [0.2, 0.25) is 0 Å². The van der Waals surface area contributed by atoms with E-state index >= 15 is 0 Å². The van der Waals surface area contributed by atoms with Crippen LogP contribution in [-0.4, -0.2) is 5.78 Å². The van der Waals surface area contributed by atoms with Gasteiger partial charge in [0, 0.05) is 16.1 Å². The smallest absolute Gasteiger partial charge is 0.193 e. The summed E-state index contributed by atoms with van der Waals surface area (Å²) in [4.78, 5) is 12.9. The van der Waals surface area contributed by atoms with Crippen molar-refractivity contribution in [1.82, 2.24) is 0 Å². The van der Waals surface area contributed by atoms with Crippen LogP contribution < -0.4 is 0 Å². The Morgan fingerprint density at radius 2 is 1.48 bits per heavy atom. The molecule has 0 aliphatic rings. The SMILES string of the molecule is Cc1ccc(Cl)cc1C(=O)c1ccc(C)c2ccccc12. The molecular formula is C19H15ClO. The van der Waals surface area contributed by atoms with Gasteiger partial charge in [0.15, 0.2) is 5.78 Å². The number of carbonyl (C=O) groups excluding carboxylic acids is 1. The van der Waals surface area contributed by atoms with Crippen molar-refractivity contribution in [3.05, 3.63) is 81.9 Å². The van der Waals surface area contributed by atoms with Crippen LogP contribution in [0.5, 0.6) is 0 Å². The summed E-state index contributed by atoms with van der Waals surface area (Å²) in [6, 6.07) is 17.3. The largest absolute Gasteiger partial charge is 0.289 e. The van der Waals surface area contributed by atoms with Crippen molar-refractivity contribution < 1.29 is 4.79 Å². The summed E-state index contributed by atoms with van der Waals surface area (Å²) in [5.74, 6) is 0.0196. The maximum absolute atomic E-state index is 12.9.